The van der Waals surface area contributed by atoms with E-state index in [0.717, 1.165) is 0 Å². The summed E-state index contributed by atoms with van der Waals surface area (Å²) in [6.07, 6.45) is -0.784. The topological polar surface area (TPSA) is 75.6 Å². The van der Waals surface area contributed by atoms with Crippen molar-refractivity contribution in [2.75, 3.05) is 13.7 Å². The summed E-state index contributed by atoms with van der Waals surface area (Å²) in [5.74, 6) is 0.164. The summed E-state index contributed by atoms with van der Waals surface area (Å²) >= 11 is 9.00. The molecule has 0 aliphatic carbocycles. The van der Waals surface area contributed by atoms with Gasteiger partial charge in [0.2, 0.25) is 10.0 Å². The Bertz CT molecular complexity index is 533. The number of methoxy groups -OCH3 is 1. The highest BCUT2D eigenvalue weighted by atomic mass is 79.9. The van der Waals surface area contributed by atoms with Crippen LogP contribution in [-0.4, -0.2) is 33.3 Å². The van der Waals surface area contributed by atoms with Crippen LogP contribution < -0.4 is 9.46 Å². The van der Waals surface area contributed by atoms with Crippen LogP contribution in [0.4, 0.5) is 0 Å². The van der Waals surface area contributed by atoms with Crippen molar-refractivity contribution in [3.05, 3.63) is 21.6 Å². The van der Waals surface area contributed by atoms with Crippen LogP contribution >= 0.6 is 27.5 Å². The van der Waals surface area contributed by atoms with E-state index in [-0.39, 0.29) is 22.2 Å². The van der Waals surface area contributed by atoms with Crippen LogP contribution in [0, 0.1) is 0 Å². The molecule has 0 fully saturated rings. The zero-order chi connectivity index (χ0) is 13.9. The van der Waals surface area contributed by atoms with Crippen molar-refractivity contribution in [2.24, 2.45) is 0 Å². The molecule has 0 amide bonds. The van der Waals surface area contributed by atoms with Gasteiger partial charge >= 0.3 is 0 Å². The third kappa shape index (κ3) is 3.83. The number of aliphatic hydroxyl groups excluding tert-OH is 1. The van der Waals surface area contributed by atoms with Gasteiger partial charge in [0.25, 0.3) is 0 Å². The number of hydrogen-bond acceptors (Lipinski definition) is 4. The minimum atomic E-state index is -3.79. The lowest BCUT2D eigenvalue weighted by Crippen LogP contribution is -2.31. The maximum absolute atomic E-state index is 12.0. The molecule has 8 heteroatoms. The Morgan fingerprint density at radius 1 is 1.56 bits per heavy atom. The lowest BCUT2D eigenvalue weighted by atomic mass is 10.3. The van der Waals surface area contributed by atoms with Crippen LogP contribution in [-0.2, 0) is 10.0 Å². The summed E-state index contributed by atoms with van der Waals surface area (Å²) in [5, 5.41) is 9.37. The van der Waals surface area contributed by atoms with Gasteiger partial charge in [-0.05, 0) is 35.0 Å². The maximum Gasteiger partial charge on any atom is 0.244 e. The fourth-order valence-electron chi connectivity index (χ4n) is 1.24. The minimum Gasteiger partial charge on any atom is -0.494 e. The van der Waals surface area contributed by atoms with Gasteiger partial charge < -0.3 is 9.84 Å². The lowest BCUT2D eigenvalue weighted by molar-refractivity contribution is 0.198. The summed E-state index contributed by atoms with van der Waals surface area (Å²) in [5.41, 5.74) is 0. The second-order valence-electron chi connectivity index (χ2n) is 3.62. The Kier molecular flexibility index (Phi) is 5.42. The molecule has 0 bridgehead atoms. The van der Waals surface area contributed by atoms with E-state index >= 15 is 0 Å². The Labute approximate surface area is 119 Å². The first-order valence-electron chi connectivity index (χ1n) is 4.98. The van der Waals surface area contributed by atoms with Gasteiger partial charge in [0, 0.05) is 11.6 Å². The molecule has 0 saturated carbocycles. The Hall–Kier alpha value is -0.340. The molecule has 18 heavy (non-hydrogen) atoms. The van der Waals surface area contributed by atoms with Gasteiger partial charge in [0.05, 0.1) is 17.7 Å². The standard InChI is InChI=1S/C10H13BrClNO4S/c1-6(14)5-13-18(15,16)9-4-7(12)3-8(11)10(9)17-2/h3-4,6,13-14H,5H2,1-2H3. The Morgan fingerprint density at radius 2 is 2.17 bits per heavy atom. The lowest BCUT2D eigenvalue weighted by Gasteiger charge is -2.13. The van der Waals surface area contributed by atoms with E-state index in [1.54, 1.807) is 0 Å². The van der Waals surface area contributed by atoms with Crippen molar-refractivity contribution in [3.63, 3.8) is 0 Å². The molecule has 1 aromatic carbocycles. The average molecular weight is 359 g/mol. The molecule has 0 spiro atoms. The zero-order valence-corrected chi connectivity index (χ0v) is 12.9. The predicted octanol–water partition coefficient (Wildman–Crippen LogP) is 1.77. The van der Waals surface area contributed by atoms with Gasteiger partial charge in [-0.25, -0.2) is 13.1 Å². The molecule has 1 atom stereocenters. The third-order valence-electron chi connectivity index (χ3n) is 2.04. The van der Waals surface area contributed by atoms with Gasteiger partial charge in [0.1, 0.15) is 4.90 Å². The molecule has 0 aromatic heterocycles. The van der Waals surface area contributed by atoms with E-state index in [0.29, 0.717) is 4.47 Å². The summed E-state index contributed by atoms with van der Waals surface area (Å²) < 4.78 is 31.8. The molecule has 1 rings (SSSR count). The van der Waals surface area contributed by atoms with Crippen LogP contribution in [0.15, 0.2) is 21.5 Å². The molecular formula is C10H13BrClNO4S. The molecule has 1 aromatic rings. The molecule has 0 aliphatic rings. The molecule has 0 saturated heterocycles. The van der Waals surface area contributed by atoms with Crippen molar-refractivity contribution >= 4 is 37.6 Å². The number of aliphatic hydroxyl groups is 1. The van der Waals surface area contributed by atoms with E-state index in [1.165, 1.54) is 26.2 Å². The second-order valence-corrected chi connectivity index (χ2v) is 6.65. The normalized spacial score (nSPS) is 13.4. The van der Waals surface area contributed by atoms with Crippen molar-refractivity contribution in [3.8, 4) is 5.75 Å². The SMILES string of the molecule is COc1c(Br)cc(Cl)cc1S(=O)(=O)NCC(C)O. The highest BCUT2D eigenvalue weighted by Crippen LogP contribution is 2.35. The van der Waals surface area contributed by atoms with Crippen LogP contribution in [0.3, 0.4) is 0 Å². The van der Waals surface area contributed by atoms with E-state index in [4.69, 9.17) is 21.4 Å². The number of benzene rings is 1. The quantitative estimate of drug-likeness (QED) is 0.841. The van der Waals surface area contributed by atoms with Crippen LogP contribution in [0.2, 0.25) is 5.02 Å². The molecule has 0 heterocycles. The number of nitrogens with one attached hydrogen (secondary N) is 1. The number of hydrogen-bond donors (Lipinski definition) is 2. The van der Waals surface area contributed by atoms with Crippen molar-refractivity contribution in [1.29, 1.82) is 0 Å². The van der Waals surface area contributed by atoms with Gasteiger partial charge in [-0.1, -0.05) is 11.6 Å². The molecule has 1 unspecified atom stereocenters. The van der Waals surface area contributed by atoms with Gasteiger partial charge in [-0.2, -0.15) is 0 Å². The van der Waals surface area contributed by atoms with Crippen LogP contribution in [0.1, 0.15) is 6.92 Å². The third-order valence-corrected chi connectivity index (χ3v) is 4.27. The molecule has 5 nitrogen and oxygen atoms in total. The maximum atomic E-state index is 12.0. The number of sulfonamides is 1. The van der Waals surface area contributed by atoms with Crippen molar-refractivity contribution in [2.45, 2.75) is 17.9 Å². The fourth-order valence-corrected chi connectivity index (χ4v) is 3.75. The molecule has 0 radical (unpaired) electrons. The van der Waals surface area contributed by atoms with Gasteiger partial charge in [0.15, 0.2) is 5.75 Å². The highest BCUT2D eigenvalue weighted by molar-refractivity contribution is 9.10. The van der Waals surface area contributed by atoms with Crippen LogP contribution in [0.5, 0.6) is 5.75 Å². The van der Waals surface area contributed by atoms with E-state index < -0.39 is 16.1 Å². The van der Waals surface area contributed by atoms with Gasteiger partial charge in [-0.15, -0.1) is 0 Å². The summed E-state index contributed by atoms with van der Waals surface area (Å²) in [6, 6.07) is 2.82. The molecule has 102 valence electrons. The van der Waals surface area contributed by atoms with E-state index in [1.807, 2.05) is 0 Å². The predicted molar refractivity (Wildman–Crippen MR) is 72.6 cm³/mol. The summed E-state index contributed by atoms with van der Waals surface area (Å²) in [6.45, 7) is 1.39. The number of rotatable bonds is 5. The van der Waals surface area contributed by atoms with Crippen molar-refractivity contribution in [1.82, 2.24) is 4.72 Å². The molecular weight excluding hydrogens is 346 g/mol. The number of halogens is 2. The molecule has 0 aliphatic heterocycles. The first-order chi connectivity index (χ1) is 8.27. The average Bonchev–Trinajstić information content (AvgIpc) is 2.25. The fraction of sp³-hybridized carbons (Fsp3) is 0.400. The first kappa shape index (κ1) is 15.7. The van der Waals surface area contributed by atoms with Crippen molar-refractivity contribution < 1.29 is 18.3 Å². The largest absolute Gasteiger partial charge is 0.494 e. The second kappa shape index (κ2) is 6.21. The molecule has 2 N–H and O–H groups in total. The van der Waals surface area contributed by atoms with E-state index in [9.17, 15) is 8.42 Å². The zero-order valence-electron chi connectivity index (χ0n) is 9.78. The summed E-state index contributed by atoms with van der Waals surface area (Å²) in [7, 11) is -2.43. The number of ether oxygens (including phenoxy) is 1. The Morgan fingerprint density at radius 3 is 2.67 bits per heavy atom. The minimum absolute atomic E-state index is 0.0787. The smallest absolute Gasteiger partial charge is 0.244 e. The van der Waals surface area contributed by atoms with E-state index in [2.05, 4.69) is 20.7 Å². The Balaban J connectivity index is 3.23. The van der Waals surface area contributed by atoms with Gasteiger partial charge in [-0.3, -0.25) is 0 Å². The monoisotopic (exact) mass is 357 g/mol. The summed E-state index contributed by atoms with van der Waals surface area (Å²) in [4.78, 5) is -0.0787. The first-order valence-corrected chi connectivity index (χ1v) is 7.64. The van der Waals surface area contributed by atoms with Crippen LogP contribution in [0.25, 0.3) is 0 Å². The highest BCUT2D eigenvalue weighted by Gasteiger charge is 2.22.